The molecule has 3 aromatic carbocycles. The second-order valence-electron chi connectivity index (χ2n) is 8.48. The monoisotopic (exact) mass is 454 g/mol. The van der Waals surface area contributed by atoms with Crippen LogP contribution in [0.5, 0.6) is 0 Å². The zero-order valence-corrected chi connectivity index (χ0v) is 18.9. The summed E-state index contributed by atoms with van der Waals surface area (Å²) in [6, 6.07) is 19.7. The van der Waals surface area contributed by atoms with Gasteiger partial charge in [-0.1, -0.05) is 36.4 Å². The fraction of sp³-hybridized carbons (Fsp3) is 0.148. The van der Waals surface area contributed by atoms with E-state index in [1.165, 1.54) is 16.8 Å². The number of rotatable bonds is 5. The van der Waals surface area contributed by atoms with Crippen molar-refractivity contribution in [2.45, 2.75) is 26.9 Å². The van der Waals surface area contributed by atoms with Crippen LogP contribution in [-0.4, -0.2) is 20.3 Å². The fourth-order valence-electron chi connectivity index (χ4n) is 4.15. The molecule has 6 nitrogen and oxygen atoms in total. The van der Waals surface area contributed by atoms with Crippen LogP contribution >= 0.6 is 0 Å². The Bertz CT molecular complexity index is 1570. The second-order valence-corrected chi connectivity index (χ2v) is 8.48. The van der Waals surface area contributed by atoms with Gasteiger partial charge >= 0.3 is 0 Å². The van der Waals surface area contributed by atoms with Crippen LogP contribution < -0.4 is 10.9 Å². The Balaban J connectivity index is 1.51. The van der Waals surface area contributed by atoms with Crippen LogP contribution in [0.4, 0.5) is 10.1 Å². The summed E-state index contributed by atoms with van der Waals surface area (Å²) in [5.74, 6) is -0.638. The molecular formula is C27H23FN4O2. The number of nitrogens with zero attached hydrogens (tertiary/aromatic N) is 3. The lowest BCUT2D eigenvalue weighted by molar-refractivity contribution is -0.116. The highest BCUT2D eigenvalue weighted by molar-refractivity contribution is 5.94. The number of amides is 1. The summed E-state index contributed by atoms with van der Waals surface area (Å²) in [5.41, 5.74) is 5.13. The molecule has 0 unspecified atom stereocenters. The van der Waals surface area contributed by atoms with E-state index in [-0.39, 0.29) is 23.8 Å². The van der Waals surface area contributed by atoms with Crippen LogP contribution in [0, 0.1) is 19.7 Å². The Morgan fingerprint density at radius 1 is 1.00 bits per heavy atom. The molecule has 3 aromatic rings. The maximum absolute atomic E-state index is 13.7. The van der Waals surface area contributed by atoms with Crippen molar-refractivity contribution in [1.29, 1.82) is 0 Å². The third-order valence-electron chi connectivity index (χ3n) is 6.02. The summed E-state index contributed by atoms with van der Waals surface area (Å²) in [5, 5.41) is 8.12. The van der Waals surface area contributed by atoms with E-state index >= 15 is 0 Å². The van der Waals surface area contributed by atoms with E-state index in [1.807, 2.05) is 66.9 Å². The molecule has 1 amide bonds. The van der Waals surface area contributed by atoms with Gasteiger partial charge in [-0.25, -0.2) is 9.07 Å². The average molecular weight is 455 g/mol. The van der Waals surface area contributed by atoms with E-state index in [0.29, 0.717) is 23.5 Å². The SMILES string of the molecule is Cc1ccc(NC(=O)Cn2nc3c4ccccc4n(Cc4cccc(F)c4)cc-3c2=O)cc1C. The Morgan fingerprint density at radius 3 is 2.62 bits per heavy atom. The zero-order chi connectivity index (χ0) is 23.8. The van der Waals surface area contributed by atoms with Gasteiger partial charge in [-0.2, -0.15) is 5.10 Å². The summed E-state index contributed by atoms with van der Waals surface area (Å²) >= 11 is 0. The van der Waals surface area contributed by atoms with Crippen molar-refractivity contribution < 1.29 is 9.18 Å². The lowest BCUT2D eigenvalue weighted by atomic mass is 10.1. The minimum Gasteiger partial charge on any atom is -0.342 e. The van der Waals surface area contributed by atoms with E-state index in [1.54, 1.807) is 12.3 Å². The number of anilines is 1. The van der Waals surface area contributed by atoms with Crippen molar-refractivity contribution in [3.63, 3.8) is 0 Å². The molecule has 2 aliphatic heterocycles. The first-order valence-corrected chi connectivity index (χ1v) is 11.0. The van der Waals surface area contributed by atoms with Gasteiger partial charge in [0.15, 0.2) is 0 Å². The van der Waals surface area contributed by atoms with Crippen molar-refractivity contribution in [3.8, 4) is 11.3 Å². The number of aromatic nitrogens is 3. The van der Waals surface area contributed by atoms with Gasteiger partial charge in [0.05, 0.1) is 11.1 Å². The summed E-state index contributed by atoms with van der Waals surface area (Å²) in [6.45, 7) is 4.18. The number of aryl methyl sites for hydroxylation is 2. The van der Waals surface area contributed by atoms with Crippen molar-refractivity contribution in [2.75, 3.05) is 5.32 Å². The predicted octanol–water partition coefficient (Wildman–Crippen LogP) is 4.75. The first-order chi connectivity index (χ1) is 16.4. The molecule has 2 aliphatic rings. The van der Waals surface area contributed by atoms with Crippen LogP contribution in [0.2, 0.25) is 0 Å². The number of carbonyl (C=O) groups is 1. The smallest absolute Gasteiger partial charge is 0.278 e. The number of fused-ring (bicyclic) bond motifs is 3. The quantitative estimate of drug-likeness (QED) is 0.417. The largest absolute Gasteiger partial charge is 0.342 e. The first kappa shape index (κ1) is 21.6. The van der Waals surface area contributed by atoms with Crippen LogP contribution in [0.15, 0.2) is 77.7 Å². The minimum atomic E-state index is -0.344. The third-order valence-corrected chi connectivity index (χ3v) is 6.02. The molecule has 7 heteroatoms. The highest BCUT2D eigenvalue weighted by Gasteiger charge is 2.21. The van der Waals surface area contributed by atoms with E-state index < -0.39 is 0 Å². The minimum absolute atomic E-state index is 0.196. The molecular weight excluding hydrogens is 431 g/mol. The molecule has 2 heterocycles. The normalized spacial score (nSPS) is 11.3. The van der Waals surface area contributed by atoms with Gasteiger partial charge in [-0.15, -0.1) is 0 Å². The number of hydrogen-bond donors (Lipinski definition) is 1. The summed E-state index contributed by atoms with van der Waals surface area (Å²) in [6.07, 6.45) is 1.73. The van der Waals surface area contributed by atoms with Crippen LogP contribution in [0.1, 0.15) is 16.7 Å². The molecule has 0 saturated heterocycles. The lowest BCUT2D eigenvalue weighted by Gasteiger charge is -2.14. The number of para-hydroxylation sites is 1. The second kappa shape index (κ2) is 8.59. The van der Waals surface area contributed by atoms with Crippen molar-refractivity contribution in [2.24, 2.45) is 0 Å². The lowest BCUT2D eigenvalue weighted by Crippen LogP contribution is -2.26. The summed E-state index contributed by atoms with van der Waals surface area (Å²) in [7, 11) is 0. The molecule has 0 atom stereocenters. The Hall–Kier alpha value is -4.26. The van der Waals surface area contributed by atoms with E-state index in [4.69, 9.17) is 0 Å². The highest BCUT2D eigenvalue weighted by atomic mass is 19.1. The van der Waals surface area contributed by atoms with Crippen LogP contribution in [0.3, 0.4) is 0 Å². The Morgan fingerprint density at radius 2 is 1.82 bits per heavy atom. The first-order valence-electron chi connectivity index (χ1n) is 11.0. The zero-order valence-electron chi connectivity index (χ0n) is 18.9. The van der Waals surface area contributed by atoms with Crippen molar-refractivity contribution >= 4 is 22.5 Å². The standard InChI is InChI=1S/C27H23FN4O2/c1-17-10-11-21(12-18(17)2)29-25(33)16-32-27(34)23-15-31(14-19-6-5-7-20(28)13-19)24-9-4-3-8-22(24)26(23)30-32/h3-13,15H,14,16H2,1-2H3,(H,29,33). The van der Waals surface area contributed by atoms with Gasteiger partial charge in [0.25, 0.3) is 5.56 Å². The van der Waals surface area contributed by atoms with Gasteiger partial charge in [-0.3, -0.25) is 9.59 Å². The van der Waals surface area contributed by atoms with Gasteiger partial charge in [0, 0.05) is 23.8 Å². The molecule has 0 aromatic heterocycles. The Kier molecular flexibility index (Phi) is 5.45. The molecule has 5 rings (SSSR count). The molecule has 0 spiro atoms. The molecule has 0 bridgehead atoms. The molecule has 1 N–H and O–H groups in total. The number of nitrogens with one attached hydrogen (secondary N) is 1. The molecule has 0 fully saturated rings. The predicted molar refractivity (Wildman–Crippen MR) is 131 cm³/mol. The number of benzene rings is 3. The maximum Gasteiger partial charge on any atom is 0.278 e. The van der Waals surface area contributed by atoms with E-state index in [2.05, 4.69) is 10.4 Å². The van der Waals surface area contributed by atoms with Crippen molar-refractivity contribution in [3.05, 3.63) is 106 Å². The fourth-order valence-corrected chi connectivity index (χ4v) is 4.15. The van der Waals surface area contributed by atoms with E-state index in [0.717, 1.165) is 27.6 Å². The molecule has 170 valence electrons. The van der Waals surface area contributed by atoms with Gasteiger partial charge in [0.1, 0.15) is 18.1 Å². The molecule has 34 heavy (non-hydrogen) atoms. The Labute approximate surface area is 195 Å². The van der Waals surface area contributed by atoms with Gasteiger partial charge in [0.2, 0.25) is 5.91 Å². The molecule has 0 aliphatic carbocycles. The number of carbonyl (C=O) groups excluding carboxylic acids is 1. The van der Waals surface area contributed by atoms with E-state index in [9.17, 15) is 14.0 Å². The third kappa shape index (κ3) is 4.08. The molecule has 0 saturated carbocycles. The number of pyridine rings is 1. The number of halogens is 1. The molecule has 0 radical (unpaired) electrons. The van der Waals surface area contributed by atoms with Crippen LogP contribution in [-0.2, 0) is 17.9 Å². The summed E-state index contributed by atoms with van der Waals surface area (Å²) < 4.78 is 16.8. The van der Waals surface area contributed by atoms with Gasteiger partial charge in [-0.05, 0) is 60.9 Å². The topological polar surface area (TPSA) is 68.9 Å². The average Bonchev–Trinajstić information content (AvgIpc) is 3.12. The van der Waals surface area contributed by atoms with Gasteiger partial charge < -0.3 is 9.88 Å². The van der Waals surface area contributed by atoms with Crippen molar-refractivity contribution in [1.82, 2.24) is 14.3 Å². The number of hydrogen-bond acceptors (Lipinski definition) is 3. The highest BCUT2D eigenvalue weighted by Crippen LogP contribution is 2.28. The van der Waals surface area contributed by atoms with Crippen LogP contribution in [0.25, 0.3) is 22.2 Å². The maximum atomic E-state index is 13.7. The summed E-state index contributed by atoms with van der Waals surface area (Å²) in [4.78, 5) is 25.8.